The van der Waals surface area contributed by atoms with E-state index in [0.29, 0.717) is 29.9 Å². The SMILES string of the molecule is C=C(C)C(=O)Oc1cccc(OC(=O)C(=C)C)c1CCc1cc2ccccc2c2c1sc1ccc3ccccc3c12. The van der Waals surface area contributed by atoms with E-state index in [0.717, 1.165) is 0 Å². The highest BCUT2D eigenvalue weighted by atomic mass is 32.1. The van der Waals surface area contributed by atoms with Crippen molar-refractivity contribution in [2.45, 2.75) is 26.7 Å². The number of carbonyl (C=O) groups is 2. The van der Waals surface area contributed by atoms with Crippen LogP contribution >= 0.6 is 11.3 Å². The molecule has 1 aromatic heterocycles. The van der Waals surface area contributed by atoms with Crippen molar-refractivity contribution in [1.29, 1.82) is 0 Å². The number of aryl methyl sites for hydroxylation is 1. The number of hydrogen-bond acceptors (Lipinski definition) is 5. The Bertz CT molecular complexity index is 2000. The minimum Gasteiger partial charge on any atom is -0.423 e. The fourth-order valence-corrected chi connectivity index (χ4v) is 6.53. The molecule has 6 aromatic rings. The lowest BCUT2D eigenvalue weighted by molar-refractivity contribution is -0.130. The number of thiophene rings is 1. The van der Waals surface area contributed by atoms with Crippen LogP contribution in [-0.2, 0) is 22.4 Å². The van der Waals surface area contributed by atoms with E-state index in [4.69, 9.17) is 9.47 Å². The number of ether oxygens (including phenoxy) is 2. The summed E-state index contributed by atoms with van der Waals surface area (Å²) in [4.78, 5) is 24.9. The van der Waals surface area contributed by atoms with Gasteiger partial charge in [0, 0.05) is 36.9 Å². The zero-order valence-corrected chi connectivity index (χ0v) is 23.8. The molecule has 0 unspecified atom stereocenters. The molecule has 0 atom stereocenters. The average molecular weight is 557 g/mol. The lowest BCUT2D eigenvalue weighted by atomic mass is 9.95. The first-order valence-electron chi connectivity index (χ1n) is 13.4. The first-order valence-corrected chi connectivity index (χ1v) is 14.3. The maximum absolute atomic E-state index is 12.5. The van der Waals surface area contributed by atoms with Crippen molar-refractivity contribution in [3.05, 3.63) is 120 Å². The van der Waals surface area contributed by atoms with Gasteiger partial charge in [-0.2, -0.15) is 0 Å². The van der Waals surface area contributed by atoms with Crippen molar-refractivity contribution in [2.75, 3.05) is 0 Å². The van der Waals surface area contributed by atoms with Gasteiger partial charge in [0.25, 0.3) is 0 Å². The number of carbonyl (C=O) groups excluding carboxylic acids is 2. The Kier molecular flexibility index (Phi) is 6.90. The molecule has 0 aliphatic rings. The highest BCUT2D eigenvalue weighted by Crippen LogP contribution is 2.44. The fourth-order valence-electron chi connectivity index (χ4n) is 5.26. The van der Waals surface area contributed by atoms with Crippen LogP contribution in [0.15, 0.2) is 109 Å². The number of fused-ring (bicyclic) bond motifs is 7. The number of benzene rings is 5. The number of esters is 2. The first kappa shape index (κ1) is 26.5. The third-order valence-electron chi connectivity index (χ3n) is 7.27. The van der Waals surface area contributed by atoms with Crippen LogP contribution in [0.3, 0.4) is 0 Å². The topological polar surface area (TPSA) is 52.6 Å². The molecule has 0 saturated carbocycles. The van der Waals surface area contributed by atoms with Gasteiger partial charge in [-0.3, -0.25) is 0 Å². The van der Waals surface area contributed by atoms with Crippen molar-refractivity contribution in [1.82, 2.24) is 0 Å². The molecule has 0 fully saturated rings. The molecule has 0 aliphatic heterocycles. The maximum atomic E-state index is 12.5. The number of hydrogen-bond donors (Lipinski definition) is 0. The van der Waals surface area contributed by atoms with Crippen molar-refractivity contribution in [2.24, 2.45) is 0 Å². The second-order valence-corrected chi connectivity index (χ2v) is 11.3. The molecule has 0 bridgehead atoms. The lowest BCUT2D eigenvalue weighted by Gasteiger charge is -2.15. The molecule has 0 aliphatic carbocycles. The summed E-state index contributed by atoms with van der Waals surface area (Å²) in [5.41, 5.74) is 2.40. The summed E-state index contributed by atoms with van der Waals surface area (Å²) in [6, 6.07) is 28.8. The first-order chi connectivity index (χ1) is 19.8. The largest absolute Gasteiger partial charge is 0.423 e. The Morgan fingerprint density at radius 3 is 1.90 bits per heavy atom. The van der Waals surface area contributed by atoms with Gasteiger partial charge in [-0.1, -0.05) is 73.8 Å². The third-order valence-corrected chi connectivity index (χ3v) is 8.50. The quantitative estimate of drug-likeness (QED) is 0.112. The van der Waals surface area contributed by atoms with Gasteiger partial charge in [0.1, 0.15) is 11.5 Å². The molecule has 6 rings (SSSR count). The Labute approximate surface area is 242 Å². The molecule has 0 saturated heterocycles. The summed E-state index contributed by atoms with van der Waals surface area (Å²) in [5.74, 6) is -0.355. The normalized spacial score (nSPS) is 11.3. The van der Waals surface area contributed by atoms with Crippen molar-refractivity contribution in [3.63, 3.8) is 0 Å². The van der Waals surface area contributed by atoms with E-state index in [1.54, 1.807) is 43.4 Å². The van der Waals surface area contributed by atoms with Crippen LogP contribution in [0.2, 0.25) is 0 Å². The summed E-state index contributed by atoms with van der Waals surface area (Å²) in [7, 11) is 0. The molecule has 0 spiro atoms. The molecule has 202 valence electrons. The molecule has 0 amide bonds. The Balaban J connectivity index is 1.51. The van der Waals surface area contributed by atoms with E-state index < -0.39 is 11.9 Å². The second kappa shape index (κ2) is 10.7. The van der Waals surface area contributed by atoms with Gasteiger partial charge < -0.3 is 9.47 Å². The molecule has 4 nitrogen and oxygen atoms in total. The monoisotopic (exact) mass is 556 g/mol. The van der Waals surface area contributed by atoms with Gasteiger partial charge in [-0.05, 0) is 78.1 Å². The Morgan fingerprint density at radius 2 is 1.27 bits per heavy atom. The van der Waals surface area contributed by atoms with E-state index in [1.165, 1.54) is 47.3 Å². The lowest BCUT2D eigenvalue weighted by Crippen LogP contribution is -2.13. The third kappa shape index (κ3) is 4.90. The van der Waals surface area contributed by atoms with E-state index in [1.807, 2.05) is 0 Å². The molecule has 1 heterocycles. The van der Waals surface area contributed by atoms with Gasteiger partial charge >= 0.3 is 11.9 Å². The van der Waals surface area contributed by atoms with Crippen molar-refractivity contribution >= 4 is 65.0 Å². The van der Waals surface area contributed by atoms with E-state index in [-0.39, 0.29) is 11.1 Å². The van der Waals surface area contributed by atoms with Gasteiger partial charge in [0.05, 0.1) is 0 Å². The van der Waals surface area contributed by atoms with Crippen LogP contribution in [0.4, 0.5) is 0 Å². The van der Waals surface area contributed by atoms with Crippen molar-refractivity contribution in [3.8, 4) is 11.5 Å². The van der Waals surface area contributed by atoms with Crippen LogP contribution in [0.25, 0.3) is 41.7 Å². The second-order valence-electron chi connectivity index (χ2n) is 10.3. The maximum Gasteiger partial charge on any atom is 0.338 e. The van der Waals surface area contributed by atoms with Gasteiger partial charge in [0.2, 0.25) is 0 Å². The van der Waals surface area contributed by atoms with E-state index in [9.17, 15) is 9.59 Å². The highest BCUT2D eigenvalue weighted by Gasteiger charge is 2.20. The standard InChI is InChI=1S/C36H28O4S/c1-21(2)35(37)39-29-14-9-15-30(40-36(38)22(3)4)28(29)18-16-25-20-24-11-6-8-13-27(24)33-32-26-12-7-5-10-23(26)17-19-31(32)41-34(25)33/h5-15,17,19-20H,1,3,16,18H2,2,4H3. The Hall–Kier alpha value is -4.74. The minimum absolute atomic E-state index is 0.286. The van der Waals surface area contributed by atoms with Crippen LogP contribution in [0, 0.1) is 0 Å². The van der Waals surface area contributed by atoms with Gasteiger partial charge in [0.15, 0.2) is 0 Å². The van der Waals surface area contributed by atoms with E-state index in [2.05, 4.69) is 79.9 Å². The molecule has 5 heteroatoms. The molecule has 5 aromatic carbocycles. The Morgan fingerprint density at radius 1 is 0.683 bits per heavy atom. The number of rotatable bonds is 7. The van der Waals surface area contributed by atoms with Gasteiger partial charge in [-0.25, -0.2) is 9.59 Å². The highest BCUT2D eigenvalue weighted by molar-refractivity contribution is 7.26. The summed E-state index contributed by atoms with van der Waals surface area (Å²) >= 11 is 1.80. The zero-order chi connectivity index (χ0) is 28.7. The molecule has 0 radical (unpaired) electrons. The van der Waals surface area contributed by atoms with Crippen LogP contribution in [-0.4, -0.2) is 11.9 Å². The van der Waals surface area contributed by atoms with Crippen molar-refractivity contribution < 1.29 is 19.1 Å². The summed E-state index contributed by atoms with van der Waals surface area (Å²) in [6.07, 6.45) is 1.13. The van der Waals surface area contributed by atoms with Crippen LogP contribution < -0.4 is 9.47 Å². The summed E-state index contributed by atoms with van der Waals surface area (Å²) in [5, 5.41) is 7.37. The molecular weight excluding hydrogens is 528 g/mol. The summed E-state index contributed by atoms with van der Waals surface area (Å²) < 4.78 is 13.8. The molecule has 41 heavy (non-hydrogen) atoms. The molecular formula is C36H28O4S. The summed E-state index contributed by atoms with van der Waals surface area (Å²) in [6.45, 7) is 10.6. The molecule has 0 N–H and O–H groups in total. The van der Waals surface area contributed by atoms with Gasteiger partial charge in [-0.15, -0.1) is 11.3 Å². The minimum atomic E-state index is -0.529. The van der Waals surface area contributed by atoms with Crippen LogP contribution in [0.5, 0.6) is 11.5 Å². The van der Waals surface area contributed by atoms with Crippen LogP contribution in [0.1, 0.15) is 25.0 Å². The average Bonchev–Trinajstić information content (AvgIpc) is 3.37. The van der Waals surface area contributed by atoms with E-state index >= 15 is 0 Å². The smallest absolute Gasteiger partial charge is 0.338 e. The predicted octanol–water partition coefficient (Wildman–Crippen LogP) is 9.11. The zero-order valence-electron chi connectivity index (χ0n) is 23.0. The fraction of sp³-hybridized carbons (Fsp3) is 0.111. The predicted molar refractivity (Wildman–Crippen MR) is 169 cm³/mol.